The van der Waals surface area contributed by atoms with Crippen molar-refractivity contribution in [2.75, 3.05) is 14.2 Å². The first-order chi connectivity index (χ1) is 14.1. The Balaban J connectivity index is 1.85. The van der Waals surface area contributed by atoms with Gasteiger partial charge in [0.2, 0.25) is 10.0 Å². The zero-order valence-corrected chi connectivity index (χ0v) is 19.2. The second kappa shape index (κ2) is 8.83. The number of hydrogen-bond donors (Lipinski definition) is 1. The van der Waals surface area contributed by atoms with Gasteiger partial charge in [0.25, 0.3) is 0 Å². The first-order valence-corrected chi connectivity index (χ1v) is 11.5. The summed E-state index contributed by atoms with van der Waals surface area (Å²) in [6.45, 7) is 7.80. The molecule has 0 saturated carbocycles. The van der Waals surface area contributed by atoms with Crippen LogP contribution in [0.5, 0.6) is 0 Å². The van der Waals surface area contributed by atoms with Crippen LogP contribution in [0.25, 0.3) is 11.0 Å². The van der Waals surface area contributed by atoms with Crippen molar-refractivity contribution >= 4 is 21.1 Å². The normalized spacial score (nSPS) is 14.5. The summed E-state index contributed by atoms with van der Waals surface area (Å²) in [5.74, 6) is 0.955. The maximum Gasteiger partial charge on any atom is 0.243 e. The molecule has 2 aromatic heterocycles. The number of nitrogens with one attached hydrogen (secondary N) is 1. The third kappa shape index (κ3) is 4.40. The molecule has 30 heavy (non-hydrogen) atoms. The number of ether oxygens (including phenoxy) is 1. The van der Waals surface area contributed by atoms with Crippen LogP contribution in [0.1, 0.15) is 37.9 Å². The molecule has 2 unspecified atom stereocenters. The Morgan fingerprint density at radius 2 is 1.80 bits per heavy atom. The van der Waals surface area contributed by atoms with Crippen LogP contribution in [0.4, 0.5) is 0 Å². The fraction of sp³-hybridized carbons (Fsp3) is 0.455. The molecule has 3 aromatic rings. The lowest BCUT2D eigenvalue weighted by molar-refractivity contribution is 0.0432. The quantitative estimate of drug-likeness (QED) is 0.591. The monoisotopic (exact) mass is 430 g/mol. The number of sulfonamides is 1. The van der Waals surface area contributed by atoms with Crippen LogP contribution in [-0.4, -0.2) is 54.0 Å². The van der Waals surface area contributed by atoms with Crippen LogP contribution in [-0.2, 0) is 21.2 Å². The van der Waals surface area contributed by atoms with Gasteiger partial charge in [0.15, 0.2) is 0 Å². The summed E-state index contributed by atoms with van der Waals surface area (Å²) in [4.78, 5) is 12.5. The van der Waals surface area contributed by atoms with E-state index < -0.39 is 10.0 Å². The standard InChI is InChI=1S/C22H30N4O3S/c1-14(2)22(15(3)29-6)26(5)30(27,28)18-9-7-17(8-10-18)13-20-21-19(11-12-23-20)24-16(4)25-21/h7-12,14-15,22H,13H2,1-6H3,(H,24,25). The number of fused-ring (bicyclic) bond motifs is 1. The maximum atomic E-state index is 13.2. The molecule has 0 aliphatic heterocycles. The highest BCUT2D eigenvalue weighted by Crippen LogP contribution is 2.24. The SMILES string of the molecule is COC(C)C(C(C)C)N(C)S(=O)(=O)c1ccc(Cc2nccc3[nH]c(C)nc23)cc1. The van der Waals surface area contributed by atoms with Crippen LogP contribution in [0.15, 0.2) is 41.4 Å². The van der Waals surface area contributed by atoms with Crippen molar-refractivity contribution in [3.05, 3.63) is 53.6 Å². The third-order valence-electron chi connectivity index (χ3n) is 5.52. The summed E-state index contributed by atoms with van der Waals surface area (Å²) in [6.07, 6.45) is 2.12. The van der Waals surface area contributed by atoms with Crippen molar-refractivity contribution in [3.63, 3.8) is 0 Å². The van der Waals surface area contributed by atoms with Crippen LogP contribution in [0.3, 0.4) is 0 Å². The van der Waals surface area contributed by atoms with Gasteiger partial charge in [0, 0.05) is 26.8 Å². The van der Waals surface area contributed by atoms with E-state index in [1.807, 2.05) is 45.9 Å². The number of nitrogens with zero attached hydrogens (tertiary/aromatic N) is 3. The number of hydrogen-bond acceptors (Lipinski definition) is 5. The van der Waals surface area contributed by atoms with Gasteiger partial charge in [-0.15, -0.1) is 0 Å². The molecular weight excluding hydrogens is 400 g/mol. The highest BCUT2D eigenvalue weighted by atomic mass is 32.2. The fourth-order valence-corrected chi connectivity index (χ4v) is 5.49. The minimum Gasteiger partial charge on any atom is -0.380 e. The molecule has 8 heteroatoms. The molecule has 2 heterocycles. The van der Waals surface area contributed by atoms with Gasteiger partial charge in [-0.3, -0.25) is 4.98 Å². The van der Waals surface area contributed by atoms with Crippen LogP contribution in [0.2, 0.25) is 0 Å². The predicted molar refractivity (Wildman–Crippen MR) is 118 cm³/mol. The summed E-state index contributed by atoms with van der Waals surface area (Å²) < 4.78 is 33.2. The molecule has 0 bridgehead atoms. The van der Waals surface area contributed by atoms with Crippen LogP contribution in [0, 0.1) is 12.8 Å². The van der Waals surface area contributed by atoms with Gasteiger partial charge in [-0.05, 0) is 43.5 Å². The third-order valence-corrected chi connectivity index (χ3v) is 7.39. The van der Waals surface area contributed by atoms with Crippen molar-refractivity contribution in [3.8, 4) is 0 Å². The molecular formula is C22H30N4O3S. The summed E-state index contributed by atoms with van der Waals surface area (Å²) in [6, 6.07) is 8.63. The lowest BCUT2D eigenvalue weighted by atomic mass is 10.00. The van der Waals surface area contributed by atoms with E-state index in [-0.39, 0.29) is 23.0 Å². The highest BCUT2D eigenvalue weighted by molar-refractivity contribution is 7.89. The number of imidazole rings is 1. The van der Waals surface area contributed by atoms with Crippen LogP contribution < -0.4 is 0 Å². The largest absolute Gasteiger partial charge is 0.380 e. The topological polar surface area (TPSA) is 88.2 Å². The van der Waals surface area contributed by atoms with Gasteiger partial charge in [0.1, 0.15) is 11.3 Å². The minimum absolute atomic E-state index is 0.114. The molecule has 0 aliphatic rings. The molecule has 0 aliphatic carbocycles. The van der Waals surface area contributed by atoms with Crippen molar-refractivity contribution in [1.29, 1.82) is 0 Å². The summed E-state index contributed by atoms with van der Waals surface area (Å²) >= 11 is 0. The summed E-state index contributed by atoms with van der Waals surface area (Å²) in [7, 11) is -0.418. The summed E-state index contributed by atoms with van der Waals surface area (Å²) in [5, 5.41) is 0. The molecule has 162 valence electrons. The van der Waals surface area contributed by atoms with Crippen molar-refractivity contribution < 1.29 is 13.2 Å². The Morgan fingerprint density at radius 3 is 2.40 bits per heavy atom. The second-order valence-electron chi connectivity index (χ2n) is 7.99. The van der Waals surface area contributed by atoms with E-state index in [0.717, 1.165) is 28.1 Å². The lowest BCUT2D eigenvalue weighted by Crippen LogP contribution is -2.47. The van der Waals surface area contributed by atoms with E-state index in [4.69, 9.17) is 4.74 Å². The second-order valence-corrected chi connectivity index (χ2v) is 9.99. The average molecular weight is 431 g/mol. The molecule has 1 aromatic carbocycles. The number of rotatable bonds is 8. The molecule has 0 spiro atoms. The van der Waals surface area contributed by atoms with Crippen molar-refractivity contribution in [2.24, 2.45) is 5.92 Å². The molecule has 0 radical (unpaired) electrons. The van der Waals surface area contributed by atoms with Gasteiger partial charge < -0.3 is 9.72 Å². The molecule has 3 rings (SSSR count). The zero-order chi connectivity index (χ0) is 22.1. The Bertz CT molecular complexity index is 1110. The van der Waals surface area contributed by atoms with E-state index in [1.54, 1.807) is 32.5 Å². The maximum absolute atomic E-state index is 13.2. The van der Waals surface area contributed by atoms with E-state index in [2.05, 4.69) is 15.0 Å². The number of aromatic amines is 1. The van der Waals surface area contributed by atoms with Gasteiger partial charge in [0.05, 0.1) is 28.3 Å². The first kappa shape index (κ1) is 22.4. The summed E-state index contributed by atoms with van der Waals surface area (Å²) in [5.41, 5.74) is 3.63. The smallest absolute Gasteiger partial charge is 0.243 e. The number of pyridine rings is 1. The van der Waals surface area contributed by atoms with E-state index in [1.165, 1.54) is 4.31 Å². The van der Waals surface area contributed by atoms with Gasteiger partial charge in [-0.25, -0.2) is 13.4 Å². The molecule has 0 saturated heterocycles. The predicted octanol–water partition coefficient (Wildman–Crippen LogP) is 3.54. The Labute approximate surface area is 178 Å². The Kier molecular flexibility index (Phi) is 6.59. The molecule has 0 fully saturated rings. The molecule has 0 amide bonds. The number of methoxy groups -OCH3 is 1. The lowest BCUT2D eigenvalue weighted by Gasteiger charge is -2.34. The highest BCUT2D eigenvalue weighted by Gasteiger charge is 2.33. The molecule has 7 nitrogen and oxygen atoms in total. The number of H-pyrrole nitrogens is 1. The first-order valence-electron chi connectivity index (χ1n) is 10.0. The zero-order valence-electron chi connectivity index (χ0n) is 18.4. The van der Waals surface area contributed by atoms with Gasteiger partial charge in [-0.1, -0.05) is 26.0 Å². The number of aryl methyl sites for hydroxylation is 1. The Hall–Kier alpha value is -2.29. The van der Waals surface area contributed by atoms with Gasteiger partial charge >= 0.3 is 0 Å². The fourth-order valence-electron chi connectivity index (χ4n) is 3.94. The molecule has 2 atom stereocenters. The van der Waals surface area contributed by atoms with Gasteiger partial charge in [-0.2, -0.15) is 4.31 Å². The number of aromatic nitrogens is 3. The van der Waals surface area contributed by atoms with Crippen LogP contribution >= 0.6 is 0 Å². The van der Waals surface area contributed by atoms with Crippen molar-refractivity contribution in [2.45, 2.75) is 51.2 Å². The van der Waals surface area contributed by atoms with E-state index in [0.29, 0.717) is 6.42 Å². The van der Waals surface area contributed by atoms with E-state index in [9.17, 15) is 8.42 Å². The number of likely N-dealkylation sites (N-methyl/N-ethyl adjacent to an activating group) is 1. The van der Waals surface area contributed by atoms with E-state index >= 15 is 0 Å². The molecule has 1 N–H and O–H groups in total. The number of benzene rings is 1. The average Bonchev–Trinajstić information content (AvgIpc) is 3.09. The van der Waals surface area contributed by atoms with Crippen molar-refractivity contribution in [1.82, 2.24) is 19.3 Å². The Morgan fingerprint density at radius 1 is 1.13 bits per heavy atom. The minimum atomic E-state index is -3.64.